The summed E-state index contributed by atoms with van der Waals surface area (Å²) in [5.74, 6) is -0.954. The van der Waals surface area contributed by atoms with Crippen molar-refractivity contribution in [2.75, 3.05) is 24.3 Å². The molecular weight excluding hydrogens is 353 g/mol. The number of ether oxygens (including phenoxy) is 1. The Labute approximate surface area is 154 Å². The third kappa shape index (κ3) is 4.66. The van der Waals surface area contributed by atoms with Crippen LogP contribution in [0.25, 0.3) is 11.3 Å². The van der Waals surface area contributed by atoms with E-state index in [-0.39, 0.29) is 18.2 Å². The van der Waals surface area contributed by atoms with E-state index in [1.165, 1.54) is 19.2 Å². The number of carbonyl (C=O) groups is 1. The Kier molecular flexibility index (Phi) is 5.41. The second-order valence-electron chi connectivity index (χ2n) is 5.43. The van der Waals surface area contributed by atoms with E-state index in [2.05, 4.69) is 25.6 Å². The first-order valence-electron chi connectivity index (χ1n) is 7.91. The van der Waals surface area contributed by atoms with Crippen LogP contribution in [0.3, 0.4) is 0 Å². The first-order valence-corrected chi connectivity index (χ1v) is 7.91. The van der Waals surface area contributed by atoms with Crippen LogP contribution in [0.1, 0.15) is 0 Å². The molecule has 0 unspecified atom stereocenters. The number of carboxylic acid groups (broad SMARTS) is 1. The third-order valence-corrected chi connectivity index (χ3v) is 3.51. The van der Waals surface area contributed by atoms with Crippen molar-refractivity contribution in [2.24, 2.45) is 0 Å². The molecule has 0 aliphatic rings. The fraction of sp³-hybridized carbons (Fsp3) is 0.111. The molecule has 1 aromatic carbocycles. The molecule has 0 saturated heterocycles. The molecule has 0 fully saturated rings. The standard InChI is InChI=1S/C18H16FN5O3/c1-27-15-5-4-12(7-13(15)19)22-16-8-14(11-3-2-6-20-9-11)23-18(24-16)21-10-17(25)26/h2-9H,10H2,1H3,(H,25,26)(H2,21,22,23,24). The summed E-state index contributed by atoms with van der Waals surface area (Å²) in [5.41, 5.74) is 1.71. The number of methoxy groups -OCH3 is 1. The van der Waals surface area contributed by atoms with Crippen molar-refractivity contribution in [2.45, 2.75) is 0 Å². The zero-order valence-electron chi connectivity index (χ0n) is 14.3. The molecule has 2 aromatic heterocycles. The highest BCUT2D eigenvalue weighted by molar-refractivity contribution is 5.73. The molecule has 9 heteroatoms. The number of aliphatic carboxylic acids is 1. The number of hydrogen-bond acceptors (Lipinski definition) is 7. The van der Waals surface area contributed by atoms with Crippen LogP contribution in [0, 0.1) is 5.82 Å². The molecule has 3 N–H and O–H groups in total. The zero-order valence-corrected chi connectivity index (χ0v) is 14.3. The zero-order chi connectivity index (χ0) is 19.2. The normalized spacial score (nSPS) is 10.3. The van der Waals surface area contributed by atoms with Crippen LogP contribution < -0.4 is 15.4 Å². The highest BCUT2D eigenvalue weighted by atomic mass is 19.1. The minimum absolute atomic E-state index is 0.121. The van der Waals surface area contributed by atoms with E-state index in [1.54, 1.807) is 30.6 Å². The average molecular weight is 369 g/mol. The summed E-state index contributed by atoms with van der Waals surface area (Å²) in [6.45, 7) is -0.340. The smallest absolute Gasteiger partial charge is 0.322 e. The highest BCUT2D eigenvalue weighted by Crippen LogP contribution is 2.25. The van der Waals surface area contributed by atoms with Gasteiger partial charge < -0.3 is 20.5 Å². The number of nitrogens with one attached hydrogen (secondary N) is 2. The van der Waals surface area contributed by atoms with Gasteiger partial charge in [-0.1, -0.05) is 0 Å². The second-order valence-corrected chi connectivity index (χ2v) is 5.43. The molecule has 8 nitrogen and oxygen atoms in total. The lowest BCUT2D eigenvalue weighted by Gasteiger charge is -2.11. The van der Waals surface area contributed by atoms with Crippen molar-refractivity contribution in [1.29, 1.82) is 0 Å². The van der Waals surface area contributed by atoms with E-state index >= 15 is 0 Å². The average Bonchev–Trinajstić information content (AvgIpc) is 2.67. The van der Waals surface area contributed by atoms with E-state index < -0.39 is 11.8 Å². The predicted molar refractivity (Wildman–Crippen MR) is 97.6 cm³/mol. The largest absolute Gasteiger partial charge is 0.494 e. The summed E-state index contributed by atoms with van der Waals surface area (Å²) in [5, 5.41) is 14.5. The number of pyridine rings is 1. The Morgan fingerprint density at radius 1 is 1.26 bits per heavy atom. The van der Waals surface area contributed by atoms with E-state index in [0.717, 1.165) is 5.56 Å². The van der Waals surface area contributed by atoms with Gasteiger partial charge in [0, 0.05) is 35.8 Å². The number of carboxylic acids is 1. The molecule has 2 heterocycles. The molecule has 0 radical (unpaired) electrons. The van der Waals surface area contributed by atoms with Crippen molar-refractivity contribution in [1.82, 2.24) is 15.0 Å². The summed E-state index contributed by atoms with van der Waals surface area (Å²) < 4.78 is 18.8. The summed E-state index contributed by atoms with van der Waals surface area (Å²) in [6, 6.07) is 9.63. The Bertz CT molecular complexity index is 953. The van der Waals surface area contributed by atoms with Crippen molar-refractivity contribution in [3.63, 3.8) is 0 Å². The molecule has 0 amide bonds. The Morgan fingerprint density at radius 2 is 2.11 bits per heavy atom. The van der Waals surface area contributed by atoms with Gasteiger partial charge >= 0.3 is 5.97 Å². The van der Waals surface area contributed by atoms with Gasteiger partial charge in [-0.25, -0.2) is 9.37 Å². The lowest BCUT2D eigenvalue weighted by atomic mass is 10.2. The van der Waals surface area contributed by atoms with Crippen LogP contribution in [0.5, 0.6) is 5.75 Å². The van der Waals surface area contributed by atoms with Gasteiger partial charge in [-0.2, -0.15) is 4.98 Å². The van der Waals surface area contributed by atoms with Crippen LogP contribution in [-0.2, 0) is 4.79 Å². The van der Waals surface area contributed by atoms with E-state index in [0.29, 0.717) is 17.2 Å². The quantitative estimate of drug-likeness (QED) is 0.583. The molecule has 0 saturated carbocycles. The van der Waals surface area contributed by atoms with Gasteiger partial charge in [-0.05, 0) is 24.3 Å². The van der Waals surface area contributed by atoms with Gasteiger partial charge in [0.1, 0.15) is 12.4 Å². The Morgan fingerprint density at radius 3 is 2.78 bits per heavy atom. The van der Waals surface area contributed by atoms with Crippen molar-refractivity contribution in [3.05, 3.63) is 54.6 Å². The molecule has 3 aromatic rings. The maximum Gasteiger partial charge on any atom is 0.322 e. The Hall–Kier alpha value is -3.75. The maximum absolute atomic E-state index is 13.9. The highest BCUT2D eigenvalue weighted by Gasteiger charge is 2.10. The minimum Gasteiger partial charge on any atom is -0.494 e. The molecule has 0 atom stereocenters. The van der Waals surface area contributed by atoms with Crippen LogP contribution in [0.15, 0.2) is 48.8 Å². The summed E-state index contributed by atoms with van der Waals surface area (Å²) in [4.78, 5) is 23.4. The number of aromatic nitrogens is 3. The summed E-state index contributed by atoms with van der Waals surface area (Å²) in [6.07, 6.45) is 3.26. The van der Waals surface area contributed by atoms with Crippen molar-refractivity contribution < 1.29 is 19.0 Å². The van der Waals surface area contributed by atoms with Crippen LogP contribution in [-0.4, -0.2) is 39.7 Å². The molecule has 3 rings (SSSR count). The van der Waals surface area contributed by atoms with Crippen molar-refractivity contribution >= 4 is 23.4 Å². The Balaban J connectivity index is 1.94. The topological polar surface area (TPSA) is 109 Å². The number of halogens is 1. The third-order valence-electron chi connectivity index (χ3n) is 3.51. The molecule has 0 aliphatic carbocycles. The minimum atomic E-state index is -1.04. The summed E-state index contributed by atoms with van der Waals surface area (Å²) >= 11 is 0. The molecule has 138 valence electrons. The van der Waals surface area contributed by atoms with Gasteiger partial charge in [-0.3, -0.25) is 9.78 Å². The van der Waals surface area contributed by atoms with E-state index in [1.807, 2.05) is 6.07 Å². The maximum atomic E-state index is 13.9. The fourth-order valence-corrected chi connectivity index (χ4v) is 2.30. The van der Waals surface area contributed by atoms with Gasteiger partial charge in [0.15, 0.2) is 11.6 Å². The van der Waals surface area contributed by atoms with E-state index in [9.17, 15) is 9.18 Å². The van der Waals surface area contributed by atoms with Crippen LogP contribution in [0.2, 0.25) is 0 Å². The predicted octanol–water partition coefficient (Wildman–Crippen LogP) is 2.93. The van der Waals surface area contributed by atoms with Gasteiger partial charge in [0.2, 0.25) is 5.95 Å². The molecule has 27 heavy (non-hydrogen) atoms. The van der Waals surface area contributed by atoms with Gasteiger partial charge in [0.05, 0.1) is 12.8 Å². The monoisotopic (exact) mass is 369 g/mol. The fourth-order valence-electron chi connectivity index (χ4n) is 2.30. The second kappa shape index (κ2) is 8.09. The summed E-state index contributed by atoms with van der Waals surface area (Å²) in [7, 11) is 1.39. The number of anilines is 3. The van der Waals surface area contributed by atoms with Crippen molar-refractivity contribution in [3.8, 4) is 17.0 Å². The first kappa shape index (κ1) is 18.1. The lowest BCUT2D eigenvalue weighted by molar-refractivity contribution is -0.134. The van der Waals surface area contributed by atoms with Crippen LogP contribution >= 0.6 is 0 Å². The molecule has 0 aliphatic heterocycles. The number of benzene rings is 1. The molecule has 0 bridgehead atoms. The first-order chi connectivity index (χ1) is 13.0. The van der Waals surface area contributed by atoms with E-state index in [4.69, 9.17) is 9.84 Å². The van der Waals surface area contributed by atoms with Gasteiger partial charge in [0.25, 0.3) is 0 Å². The SMILES string of the molecule is COc1ccc(Nc2cc(-c3cccnc3)nc(NCC(=O)O)n2)cc1F. The number of rotatable bonds is 7. The lowest BCUT2D eigenvalue weighted by Crippen LogP contribution is -2.15. The number of hydrogen-bond donors (Lipinski definition) is 3. The molecular formula is C18H16FN5O3. The molecule has 0 spiro atoms. The van der Waals surface area contributed by atoms with Crippen LogP contribution in [0.4, 0.5) is 21.8 Å². The number of nitrogens with zero attached hydrogens (tertiary/aromatic N) is 3. The van der Waals surface area contributed by atoms with Gasteiger partial charge in [-0.15, -0.1) is 0 Å².